The van der Waals surface area contributed by atoms with E-state index in [0.29, 0.717) is 12.0 Å². The Labute approximate surface area is 94.1 Å². The summed E-state index contributed by atoms with van der Waals surface area (Å²) in [5.74, 6) is -0.637. The first kappa shape index (κ1) is 12.8. The molecule has 6 heteroatoms. The maximum atomic E-state index is 10.8. The zero-order valence-electron chi connectivity index (χ0n) is 8.84. The van der Waals surface area contributed by atoms with E-state index >= 15 is 0 Å². The van der Waals surface area contributed by atoms with Crippen LogP contribution in [0.25, 0.3) is 0 Å². The van der Waals surface area contributed by atoms with Crippen molar-refractivity contribution >= 4 is 10.1 Å². The second-order valence-electron chi connectivity index (χ2n) is 3.52. The molecule has 3 N–H and O–H groups in total. The summed E-state index contributed by atoms with van der Waals surface area (Å²) >= 11 is 0. The van der Waals surface area contributed by atoms with Gasteiger partial charge in [0.2, 0.25) is 0 Å². The molecule has 0 saturated carbocycles. The van der Waals surface area contributed by atoms with Crippen molar-refractivity contribution in [1.82, 2.24) is 0 Å². The molecular weight excluding hydrogens is 232 g/mol. The molecule has 0 spiro atoms. The Bertz CT molecular complexity index is 455. The molecule has 0 amide bonds. The third-order valence-electron chi connectivity index (χ3n) is 2.25. The number of hydrogen-bond donors (Lipinski definition) is 3. The Morgan fingerprint density at radius 3 is 2.06 bits per heavy atom. The fraction of sp³-hybridized carbons (Fsp3) is 0.400. The number of aromatic hydroxyl groups is 2. The van der Waals surface area contributed by atoms with Crippen LogP contribution in [0.3, 0.4) is 0 Å². The van der Waals surface area contributed by atoms with Crippen molar-refractivity contribution in [3.8, 4) is 11.5 Å². The van der Waals surface area contributed by atoms with E-state index in [1.807, 2.05) is 6.92 Å². The summed E-state index contributed by atoms with van der Waals surface area (Å²) in [6, 6.07) is 1.86. The zero-order valence-corrected chi connectivity index (χ0v) is 9.66. The highest BCUT2D eigenvalue weighted by molar-refractivity contribution is 7.85. The van der Waals surface area contributed by atoms with E-state index in [1.165, 1.54) is 0 Å². The van der Waals surface area contributed by atoms with E-state index < -0.39 is 15.0 Å². The van der Waals surface area contributed by atoms with Gasteiger partial charge in [-0.25, -0.2) is 0 Å². The smallest absolute Gasteiger partial charge is 0.294 e. The van der Waals surface area contributed by atoms with Crippen LogP contribution in [0.2, 0.25) is 0 Å². The standard InChI is InChI=1S/C10H14O5S/c1-2-3-4-8-9(11)5-7(6-10(8)12)16(13,14)15/h5-6,11-12H,2-4H2,1H3,(H,13,14,15). The molecule has 0 heterocycles. The SMILES string of the molecule is CCCCc1c(O)cc(S(=O)(=O)O)cc1O. The van der Waals surface area contributed by atoms with Crippen LogP contribution in [0, 0.1) is 0 Å². The van der Waals surface area contributed by atoms with Gasteiger partial charge in [0.05, 0.1) is 0 Å². The minimum absolute atomic E-state index is 0.300. The van der Waals surface area contributed by atoms with Crippen LogP contribution in [-0.2, 0) is 16.5 Å². The van der Waals surface area contributed by atoms with Crippen LogP contribution < -0.4 is 0 Å². The van der Waals surface area contributed by atoms with Crippen molar-refractivity contribution in [2.45, 2.75) is 31.1 Å². The van der Waals surface area contributed by atoms with E-state index in [9.17, 15) is 18.6 Å². The predicted octanol–water partition coefficient (Wildman–Crippen LogP) is 1.69. The molecule has 0 bridgehead atoms. The Kier molecular flexibility index (Phi) is 3.77. The van der Waals surface area contributed by atoms with Crippen molar-refractivity contribution < 1.29 is 23.2 Å². The van der Waals surface area contributed by atoms with Gasteiger partial charge < -0.3 is 10.2 Å². The van der Waals surface area contributed by atoms with Gasteiger partial charge in [-0.1, -0.05) is 13.3 Å². The van der Waals surface area contributed by atoms with Gasteiger partial charge in [0.15, 0.2) is 0 Å². The lowest BCUT2D eigenvalue weighted by Crippen LogP contribution is -1.99. The van der Waals surface area contributed by atoms with Gasteiger partial charge in [-0.2, -0.15) is 8.42 Å². The van der Waals surface area contributed by atoms with Crippen molar-refractivity contribution in [1.29, 1.82) is 0 Å². The molecule has 16 heavy (non-hydrogen) atoms. The summed E-state index contributed by atoms with van der Waals surface area (Å²) in [6.45, 7) is 1.96. The largest absolute Gasteiger partial charge is 0.507 e. The number of unbranched alkanes of at least 4 members (excludes halogenated alkanes) is 1. The molecule has 0 unspecified atom stereocenters. The summed E-state index contributed by atoms with van der Waals surface area (Å²) in [5, 5.41) is 19.1. The number of hydrogen-bond acceptors (Lipinski definition) is 4. The molecule has 0 aliphatic rings. The van der Waals surface area contributed by atoms with Crippen molar-refractivity contribution in [2.75, 3.05) is 0 Å². The Hall–Kier alpha value is -1.27. The van der Waals surface area contributed by atoms with E-state index in [4.69, 9.17) is 4.55 Å². The highest BCUT2D eigenvalue weighted by atomic mass is 32.2. The fourth-order valence-electron chi connectivity index (χ4n) is 1.38. The fourth-order valence-corrected chi connectivity index (χ4v) is 1.90. The van der Waals surface area contributed by atoms with E-state index in [-0.39, 0.29) is 11.5 Å². The van der Waals surface area contributed by atoms with E-state index in [1.54, 1.807) is 0 Å². The van der Waals surface area contributed by atoms with Gasteiger partial charge in [0.1, 0.15) is 16.4 Å². The molecule has 5 nitrogen and oxygen atoms in total. The van der Waals surface area contributed by atoms with Crippen LogP contribution in [0.1, 0.15) is 25.3 Å². The van der Waals surface area contributed by atoms with E-state index in [2.05, 4.69) is 0 Å². The van der Waals surface area contributed by atoms with Gasteiger partial charge in [-0.05, 0) is 12.8 Å². The van der Waals surface area contributed by atoms with Crippen LogP contribution in [0.15, 0.2) is 17.0 Å². The molecular formula is C10H14O5S. The zero-order chi connectivity index (χ0) is 12.3. The molecule has 0 saturated heterocycles. The lowest BCUT2D eigenvalue weighted by molar-refractivity contribution is 0.430. The van der Waals surface area contributed by atoms with Gasteiger partial charge in [-0.3, -0.25) is 4.55 Å². The van der Waals surface area contributed by atoms with Gasteiger partial charge in [0.25, 0.3) is 10.1 Å². The van der Waals surface area contributed by atoms with Crippen molar-refractivity contribution in [2.24, 2.45) is 0 Å². The summed E-state index contributed by atoms with van der Waals surface area (Å²) in [7, 11) is -4.41. The quantitative estimate of drug-likeness (QED) is 0.703. The maximum Gasteiger partial charge on any atom is 0.294 e. The first-order valence-corrected chi connectivity index (χ1v) is 6.32. The number of rotatable bonds is 4. The van der Waals surface area contributed by atoms with Gasteiger partial charge in [-0.15, -0.1) is 0 Å². The van der Waals surface area contributed by atoms with Crippen LogP contribution >= 0.6 is 0 Å². The van der Waals surface area contributed by atoms with Crippen LogP contribution in [-0.4, -0.2) is 23.2 Å². The molecule has 0 radical (unpaired) electrons. The first-order chi connectivity index (χ1) is 7.36. The normalized spacial score (nSPS) is 11.6. The number of benzene rings is 1. The summed E-state index contributed by atoms with van der Waals surface area (Å²) in [4.78, 5) is -0.511. The molecule has 1 rings (SSSR count). The molecule has 0 fully saturated rings. The summed E-state index contributed by atoms with van der Waals surface area (Å²) in [6.07, 6.45) is 2.12. The summed E-state index contributed by atoms with van der Waals surface area (Å²) < 4.78 is 30.3. The minimum Gasteiger partial charge on any atom is -0.507 e. The molecule has 90 valence electrons. The van der Waals surface area contributed by atoms with Gasteiger partial charge >= 0.3 is 0 Å². The van der Waals surface area contributed by atoms with E-state index in [0.717, 1.165) is 25.0 Å². The third-order valence-corrected chi connectivity index (χ3v) is 3.09. The topological polar surface area (TPSA) is 94.8 Å². The first-order valence-electron chi connectivity index (χ1n) is 4.88. The number of phenols is 2. The average Bonchev–Trinajstić information content (AvgIpc) is 2.15. The highest BCUT2D eigenvalue weighted by Crippen LogP contribution is 2.31. The molecule has 1 aromatic rings. The highest BCUT2D eigenvalue weighted by Gasteiger charge is 2.16. The molecule has 0 aliphatic carbocycles. The third kappa shape index (κ3) is 2.86. The Balaban J connectivity index is 3.18. The van der Waals surface area contributed by atoms with Crippen molar-refractivity contribution in [3.05, 3.63) is 17.7 Å². The maximum absolute atomic E-state index is 10.8. The Morgan fingerprint density at radius 1 is 1.19 bits per heavy atom. The molecule has 0 aromatic heterocycles. The second kappa shape index (κ2) is 4.71. The second-order valence-corrected chi connectivity index (χ2v) is 4.94. The summed E-state index contributed by atoms with van der Waals surface area (Å²) in [5.41, 5.74) is 0.300. The molecule has 0 aliphatic heterocycles. The Morgan fingerprint density at radius 2 is 1.69 bits per heavy atom. The monoisotopic (exact) mass is 246 g/mol. The van der Waals surface area contributed by atoms with Gasteiger partial charge in [0, 0.05) is 17.7 Å². The molecule has 0 atom stereocenters. The predicted molar refractivity (Wildman–Crippen MR) is 58.2 cm³/mol. The van der Waals surface area contributed by atoms with Crippen molar-refractivity contribution in [3.63, 3.8) is 0 Å². The minimum atomic E-state index is -4.41. The average molecular weight is 246 g/mol. The number of phenolic OH excluding ortho intramolecular Hbond substituents is 2. The van der Waals surface area contributed by atoms with Crippen LogP contribution in [0.4, 0.5) is 0 Å². The molecule has 1 aromatic carbocycles. The lowest BCUT2D eigenvalue weighted by Gasteiger charge is -2.08. The lowest BCUT2D eigenvalue weighted by atomic mass is 10.1. The van der Waals surface area contributed by atoms with Crippen LogP contribution in [0.5, 0.6) is 11.5 Å².